The van der Waals surface area contributed by atoms with Gasteiger partial charge >= 0.3 is 0 Å². The number of carbonyl (C=O) groups is 2. The predicted octanol–water partition coefficient (Wildman–Crippen LogP) is 6.47. The van der Waals surface area contributed by atoms with Gasteiger partial charge in [-0.25, -0.2) is 9.37 Å². The quantitative estimate of drug-likeness (QED) is 0.162. The van der Waals surface area contributed by atoms with Crippen LogP contribution in [-0.4, -0.2) is 33.3 Å². The molecule has 0 fully saturated rings. The number of hydrogen-bond acceptors (Lipinski definition) is 7. The van der Waals surface area contributed by atoms with Crippen LogP contribution in [0.3, 0.4) is 0 Å². The first kappa shape index (κ1) is 30.8. The summed E-state index contributed by atoms with van der Waals surface area (Å²) in [6.07, 6.45) is 4.07. The number of nitrogens with zero attached hydrogens (tertiary/aromatic N) is 3. The van der Waals surface area contributed by atoms with Crippen molar-refractivity contribution in [2.75, 3.05) is 17.7 Å². The number of allylic oxidation sites excluding steroid dienone is 1. The molecule has 0 spiro atoms. The van der Waals surface area contributed by atoms with E-state index in [1.54, 1.807) is 42.5 Å². The van der Waals surface area contributed by atoms with Crippen LogP contribution in [0.5, 0.6) is 5.75 Å². The molecule has 3 aromatic carbocycles. The lowest BCUT2D eigenvalue weighted by molar-refractivity contribution is -0.114. The first-order valence-electron chi connectivity index (χ1n) is 13.7. The Morgan fingerprint density at radius 2 is 1.82 bits per heavy atom. The zero-order valence-electron chi connectivity index (χ0n) is 24.1. The Morgan fingerprint density at radius 3 is 2.53 bits per heavy atom. The van der Waals surface area contributed by atoms with E-state index in [0.29, 0.717) is 27.9 Å². The van der Waals surface area contributed by atoms with Gasteiger partial charge in [0.2, 0.25) is 11.9 Å². The van der Waals surface area contributed by atoms with E-state index in [2.05, 4.69) is 33.8 Å². The summed E-state index contributed by atoms with van der Waals surface area (Å²) in [5.41, 5.74) is 2.17. The number of pyridine rings is 1. The first-order valence-corrected chi connectivity index (χ1v) is 14.1. The van der Waals surface area contributed by atoms with Gasteiger partial charge in [-0.2, -0.15) is 4.98 Å². The van der Waals surface area contributed by atoms with Crippen LogP contribution in [-0.2, 0) is 22.6 Å². The smallest absolute Gasteiger partial charge is 0.260 e. The number of para-hydroxylation sites is 1. The van der Waals surface area contributed by atoms with Gasteiger partial charge in [0.05, 0.1) is 24.2 Å². The molecule has 226 valence electrons. The maximum Gasteiger partial charge on any atom is 0.260 e. The number of hydrogen-bond donors (Lipinski definition) is 2. The lowest BCUT2D eigenvalue weighted by Crippen LogP contribution is -2.24. The number of nitrogens with one attached hydrogen (secondary N) is 2. The number of ether oxygens (including phenoxy) is 1. The molecule has 2 heterocycles. The van der Waals surface area contributed by atoms with Crippen molar-refractivity contribution in [3.8, 4) is 16.9 Å². The Labute approximate surface area is 262 Å². The normalized spacial score (nSPS) is 10.7. The van der Waals surface area contributed by atoms with Crippen molar-refractivity contribution in [2.24, 2.45) is 0 Å². The number of halogens is 2. The number of carbonyl (C=O) groups excluding carboxylic acids is 2. The lowest BCUT2D eigenvalue weighted by Gasteiger charge is -2.16. The van der Waals surface area contributed by atoms with Gasteiger partial charge in [0.1, 0.15) is 5.65 Å². The lowest BCUT2D eigenvalue weighted by atomic mass is 10.0. The first-order chi connectivity index (χ1) is 21.7. The summed E-state index contributed by atoms with van der Waals surface area (Å²) >= 11 is 6.42. The largest absolute Gasteiger partial charge is 0.494 e. The van der Waals surface area contributed by atoms with E-state index in [1.165, 1.54) is 42.1 Å². The molecule has 2 N–H and O–H groups in total. The molecule has 45 heavy (non-hydrogen) atoms. The average molecular weight is 624 g/mol. The van der Waals surface area contributed by atoms with E-state index >= 15 is 4.39 Å². The highest BCUT2D eigenvalue weighted by Gasteiger charge is 2.21. The van der Waals surface area contributed by atoms with E-state index in [-0.39, 0.29) is 58.2 Å². The number of ketones is 1. The molecular formula is C34H27ClFN5O4. The Bertz CT molecular complexity index is 2020. The van der Waals surface area contributed by atoms with Crippen molar-refractivity contribution in [1.82, 2.24) is 14.5 Å². The minimum atomic E-state index is -0.778. The highest BCUT2D eigenvalue weighted by Crippen LogP contribution is 2.35. The van der Waals surface area contributed by atoms with Gasteiger partial charge in [0.25, 0.3) is 5.56 Å². The number of methoxy groups -OCH3 is 1. The average Bonchev–Trinajstić information content (AvgIpc) is 3.04. The minimum absolute atomic E-state index is 0.00337. The van der Waals surface area contributed by atoms with Crippen LogP contribution in [0.4, 0.5) is 21.7 Å². The Kier molecular flexibility index (Phi) is 9.15. The molecule has 0 aliphatic carbocycles. The number of fused-ring (bicyclic) bond motifs is 1. The van der Waals surface area contributed by atoms with E-state index in [4.69, 9.17) is 16.3 Å². The van der Waals surface area contributed by atoms with Crippen molar-refractivity contribution >= 4 is 51.6 Å². The molecule has 0 saturated heterocycles. The van der Waals surface area contributed by atoms with Crippen LogP contribution < -0.4 is 20.9 Å². The molecule has 0 atom stereocenters. The molecule has 0 unspecified atom stereocenters. The Hall–Kier alpha value is -5.61. The molecule has 11 heteroatoms. The van der Waals surface area contributed by atoms with Gasteiger partial charge in [-0.3, -0.25) is 19.0 Å². The molecular weight excluding hydrogens is 597 g/mol. The van der Waals surface area contributed by atoms with Crippen molar-refractivity contribution in [1.29, 1.82) is 0 Å². The third-order valence-corrected chi connectivity index (χ3v) is 7.29. The van der Waals surface area contributed by atoms with Gasteiger partial charge in [-0.1, -0.05) is 55.1 Å². The molecule has 2 aromatic heterocycles. The van der Waals surface area contributed by atoms with Crippen LogP contribution >= 0.6 is 11.6 Å². The number of amides is 1. The van der Waals surface area contributed by atoms with Gasteiger partial charge in [0.15, 0.2) is 17.3 Å². The Morgan fingerprint density at radius 1 is 1.07 bits per heavy atom. The summed E-state index contributed by atoms with van der Waals surface area (Å²) in [5.74, 6) is -1.18. The van der Waals surface area contributed by atoms with Crippen molar-refractivity contribution in [3.05, 3.63) is 131 Å². The summed E-state index contributed by atoms with van der Waals surface area (Å²) in [7, 11) is 1.32. The fourth-order valence-electron chi connectivity index (χ4n) is 4.73. The second-order valence-electron chi connectivity index (χ2n) is 9.88. The summed E-state index contributed by atoms with van der Waals surface area (Å²) in [5, 5.41) is 6.30. The fraction of sp³-hybridized carbons (Fsp3) is 0.0882. The van der Waals surface area contributed by atoms with Crippen molar-refractivity contribution < 1.29 is 18.7 Å². The molecule has 0 radical (unpaired) electrons. The molecule has 5 rings (SSSR count). The SMILES string of the molecule is C=CC(=O)Cc1ccccc1Nc1ncc2cc(-c3c(Cl)ccc(OC)c3F)c(=O)n(Cc3ccc(NC(=O)C=C)cc3)c2n1. The topological polar surface area (TPSA) is 115 Å². The van der Waals surface area contributed by atoms with Crippen molar-refractivity contribution in [3.63, 3.8) is 0 Å². The zero-order chi connectivity index (χ0) is 32.1. The third kappa shape index (κ3) is 6.66. The van der Waals surface area contributed by atoms with Crippen LogP contribution in [0, 0.1) is 5.82 Å². The maximum atomic E-state index is 15.5. The number of benzene rings is 3. The number of anilines is 3. The molecule has 5 aromatic rings. The van der Waals surface area contributed by atoms with Gasteiger partial charge in [-0.05, 0) is 59.7 Å². The van der Waals surface area contributed by atoms with E-state index < -0.39 is 11.4 Å². The fourth-order valence-corrected chi connectivity index (χ4v) is 4.98. The highest BCUT2D eigenvalue weighted by atomic mass is 35.5. The second-order valence-corrected chi connectivity index (χ2v) is 10.3. The number of aromatic nitrogens is 3. The van der Waals surface area contributed by atoms with Gasteiger partial charge < -0.3 is 15.4 Å². The van der Waals surface area contributed by atoms with Gasteiger partial charge in [0, 0.05) is 34.9 Å². The molecule has 0 saturated carbocycles. The van der Waals surface area contributed by atoms with Crippen LogP contribution in [0.25, 0.3) is 22.2 Å². The van der Waals surface area contributed by atoms with Crippen LogP contribution in [0.1, 0.15) is 11.1 Å². The van der Waals surface area contributed by atoms with Crippen LogP contribution in [0.2, 0.25) is 5.02 Å². The monoisotopic (exact) mass is 623 g/mol. The van der Waals surface area contributed by atoms with Crippen molar-refractivity contribution in [2.45, 2.75) is 13.0 Å². The molecule has 0 bridgehead atoms. The minimum Gasteiger partial charge on any atom is -0.494 e. The standard InChI is InChI=1S/C34H27ClFN5O4/c1-4-24(42)16-21-8-6-7-9-27(21)39-34-37-18-22-17-25(30-26(35)14-15-28(45-3)31(30)36)33(44)41(32(22)40-34)19-20-10-12-23(13-11-20)38-29(43)5-2/h4-15,17-18H,1-2,16,19H2,3H3,(H,38,43)(H,37,39,40). The summed E-state index contributed by atoms with van der Waals surface area (Å²) < 4.78 is 22.1. The van der Waals surface area contributed by atoms with E-state index in [9.17, 15) is 14.4 Å². The summed E-state index contributed by atoms with van der Waals surface area (Å²) in [4.78, 5) is 47.0. The Balaban J connectivity index is 1.65. The molecule has 0 aliphatic rings. The van der Waals surface area contributed by atoms with E-state index in [0.717, 1.165) is 6.08 Å². The molecule has 0 aliphatic heterocycles. The maximum absolute atomic E-state index is 15.5. The van der Waals surface area contributed by atoms with E-state index in [1.807, 2.05) is 6.07 Å². The second kappa shape index (κ2) is 13.4. The summed E-state index contributed by atoms with van der Waals surface area (Å²) in [6, 6.07) is 18.4. The van der Waals surface area contributed by atoms with Gasteiger partial charge in [-0.15, -0.1) is 0 Å². The third-order valence-electron chi connectivity index (χ3n) is 6.98. The van der Waals surface area contributed by atoms with Crippen LogP contribution in [0.15, 0.2) is 103 Å². The molecule has 1 amide bonds. The number of rotatable bonds is 11. The highest BCUT2D eigenvalue weighted by molar-refractivity contribution is 6.33. The zero-order valence-corrected chi connectivity index (χ0v) is 24.9. The molecule has 9 nitrogen and oxygen atoms in total. The predicted molar refractivity (Wildman–Crippen MR) is 174 cm³/mol. The summed E-state index contributed by atoms with van der Waals surface area (Å²) in [6.45, 7) is 7.03.